The van der Waals surface area contributed by atoms with E-state index in [4.69, 9.17) is 9.15 Å². The van der Waals surface area contributed by atoms with Gasteiger partial charge in [0, 0.05) is 11.4 Å². The number of hydrogen-bond acceptors (Lipinski definition) is 5. The predicted octanol–water partition coefficient (Wildman–Crippen LogP) is 5.51. The maximum atomic E-state index is 13.1. The first-order chi connectivity index (χ1) is 13.5. The first-order valence-corrected chi connectivity index (χ1v) is 9.81. The summed E-state index contributed by atoms with van der Waals surface area (Å²) < 4.78 is 24.7. The van der Waals surface area contributed by atoms with Gasteiger partial charge in [0.15, 0.2) is 0 Å². The Balaban J connectivity index is 1.71. The molecular weight excluding hydrogens is 377 g/mol. The van der Waals surface area contributed by atoms with Gasteiger partial charge in [-0.3, -0.25) is 4.79 Å². The molecule has 4 rings (SSSR count). The molecule has 0 aliphatic heterocycles. The van der Waals surface area contributed by atoms with Crippen LogP contribution in [0, 0.1) is 12.7 Å². The highest BCUT2D eigenvalue weighted by Crippen LogP contribution is 2.28. The average Bonchev–Trinajstić information content (AvgIpc) is 3.13. The number of benzene rings is 2. The minimum absolute atomic E-state index is 0.105. The number of ether oxygens (including phenoxy) is 1. The van der Waals surface area contributed by atoms with Crippen LogP contribution >= 0.6 is 11.3 Å². The molecule has 4 aromatic rings. The van der Waals surface area contributed by atoms with Gasteiger partial charge in [-0.05, 0) is 42.7 Å². The third kappa shape index (κ3) is 3.55. The third-order valence-corrected chi connectivity index (χ3v) is 5.31. The van der Waals surface area contributed by atoms with Gasteiger partial charge in [-0.1, -0.05) is 19.1 Å². The van der Waals surface area contributed by atoms with Gasteiger partial charge >= 0.3 is 0 Å². The predicted molar refractivity (Wildman–Crippen MR) is 108 cm³/mol. The van der Waals surface area contributed by atoms with Gasteiger partial charge in [0.05, 0.1) is 21.7 Å². The molecular formula is C22H18FNO3S. The SMILES string of the molecule is CCc1cc2c(=O)c(-c3csc(C)n3)coc2cc1OCc1ccc(F)cc1. The van der Waals surface area contributed by atoms with Crippen LogP contribution in [-0.2, 0) is 13.0 Å². The van der Waals surface area contributed by atoms with Crippen LogP contribution in [0.4, 0.5) is 4.39 Å². The highest BCUT2D eigenvalue weighted by molar-refractivity contribution is 7.09. The second-order valence-electron chi connectivity index (χ2n) is 6.46. The number of rotatable bonds is 5. The van der Waals surface area contributed by atoms with E-state index in [1.807, 2.05) is 25.3 Å². The van der Waals surface area contributed by atoms with E-state index in [1.165, 1.54) is 29.7 Å². The molecule has 0 aliphatic rings. The molecule has 2 heterocycles. The summed E-state index contributed by atoms with van der Waals surface area (Å²) in [6, 6.07) is 9.74. The summed E-state index contributed by atoms with van der Waals surface area (Å²) in [4.78, 5) is 17.3. The molecule has 0 fully saturated rings. The normalized spacial score (nSPS) is 11.1. The number of nitrogens with zero attached hydrogens (tertiary/aromatic N) is 1. The van der Waals surface area contributed by atoms with Crippen molar-refractivity contribution < 1.29 is 13.5 Å². The summed E-state index contributed by atoms with van der Waals surface area (Å²) in [6.45, 7) is 4.21. The van der Waals surface area contributed by atoms with E-state index in [-0.39, 0.29) is 11.2 Å². The Kier molecular flexibility index (Phi) is 4.96. The van der Waals surface area contributed by atoms with Crippen LogP contribution in [0.25, 0.3) is 22.2 Å². The molecule has 2 aromatic carbocycles. The number of fused-ring (bicyclic) bond motifs is 1. The van der Waals surface area contributed by atoms with E-state index in [1.54, 1.807) is 18.2 Å². The van der Waals surface area contributed by atoms with Gasteiger partial charge in [-0.2, -0.15) is 0 Å². The van der Waals surface area contributed by atoms with Gasteiger partial charge in [-0.25, -0.2) is 9.37 Å². The second-order valence-corrected chi connectivity index (χ2v) is 7.52. The Morgan fingerprint density at radius 2 is 2.00 bits per heavy atom. The van der Waals surface area contributed by atoms with Crippen LogP contribution in [0.2, 0.25) is 0 Å². The van der Waals surface area contributed by atoms with Crippen molar-refractivity contribution in [3.05, 3.63) is 80.2 Å². The Hall–Kier alpha value is -2.99. The van der Waals surface area contributed by atoms with Gasteiger partial charge in [0.25, 0.3) is 0 Å². The minimum atomic E-state index is -0.281. The minimum Gasteiger partial charge on any atom is -0.488 e. The summed E-state index contributed by atoms with van der Waals surface area (Å²) in [5.41, 5.74) is 3.22. The van der Waals surface area contributed by atoms with E-state index in [9.17, 15) is 9.18 Å². The summed E-state index contributed by atoms with van der Waals surface area (Å²) in [5, 5.41) is 3.26. The second kappa shape index (κ2) is 7.56. The van der Waals surface area contributed by atoms with Crippen molar-refractivity contribution in [2.45, 2.75) is 26.9 Å². The van der Waals surface area contributed by atoms with Crippen molar-refractivity contribution in [3.8, 4) is 17.0 Å². The molecule has 0 spiro atoms. The lowest BCUT2D eigenvalue weighted by atomic mass is 10.1. The van der Waals surface area contributed by atoms with Gasteiger partial charge in [0.2, 0.25) is 5.43 Å². The Morgan fingerprint density at radius 1 is 1.21 bits per heavy atom. The molecule has 0 saturated heterocycles. The molecule has 0 amide bonds. The van der Waals surface area contributed by atoms with Crippen LogP contribution in [-0.4, -0.2) is 4.98 Å². The molecule has 6 heteroatoms. The lowest BCUT2D eigenvalue weighted by Crippen LogP contribution is -2.07. The molecule has 0 unspecified atom stereocenters. The number of aryl methyl sites for hydroxylation is 2. The molecule has 142 valence electrons. The van der Waals surface area contributed by atoms with Crippen molar-refractivity contribution in [3.63, 3.8) is 0 Å². The largest absolute Gasteiger partial charge is 0.488 e. The standard InChI is InChI=1S/C22H18FNO3S/c1-3-15-8-17-21(9-20(15)26-10-14-4-6-16(23)7-5-14)27-11-18(22(17)25)19-12-28-13(2)24-19/h4-9,11-12H,3,10H2,1-2H3. The van der Waals surface area contributed by atoms with Crippen molar-refractivity contribution in [1.82, 2.24) is 4.98 Å². The van der Waals surface area contributed by atoms with Crippen molar-refractivity contribution in [2.24, 2.45) is 0 Å². The van der Waals surface area contributed by atoms with E-state index in [0.29, 0.717) is 41.0 Å². The highest BCUT2D eigenvalue weighted by atomic mass is 32.1. The van der Waals surface area contributed by atoms with Crippen molar-refractivity contribution >= 4 is 22.3 Å². The fourth-order valence-electron chi connectivity index (χ4n) is 3.02. The third-order valence-electron chi connectivity index (χ3n) is 4.54. The smallest absolute Gasteiger partial charge is 0.202 e. The maximum Gasteiger partial charge on any atom is 0.202 e. The van der Waals surface area contributed by atoms with E-state index in [2.05, 4.69) is 4.98 Å². The molecule has 0 saturated carbocycles. The van der Waals surface area contributed by atoms with Crippen LogP contribution in [0.5, 0.6) is 5.75 Å². The molecule has 4 nitrogen and oxygen atoms in total. The zero-order valence-corrected chi connectivity index (χ0v) is 16.3. The molecule has 0 aliphatic carbocycles. The van der Waals surface area contributed by atoms with Crippen LogP contribution in [0.15, 0.2) is 57.3 Å². The fourth-order valence-corrected chi connectivity index (χ4v) is 3.63. The maximum absolute atomic E-state index is 13.1. The molecule has 0 bridgehead atoms. The Morgan fingerprint density at radius 3 is 2.68 bits per heavy atom. The lowest BCUT2D eigenvalue weighted by molar-refractivity contribution is 0.303. The fraction of sp³-hybridized carbons (Fsp3) is 0.182. The van der Waals surface area contributed by atoms with Crippen LogP contribution in [0.1, 0.15) is 23.1 Å². The molecule has 0 radical (unpaired) electrons. The van der Waals surface area contributed by atoms with Gasteiger partial charge < -0.3 is 9.15 Å². The number of aromatic nitrogens is 1. The molecule has 0 atom stereocenters. The summed E-state index contributed by atoms with van der Waals surface area (Å²) in [5.74, 6) is 0.372. The van der Waals surface area contributed by atoms with Crippen LogP contribution < -0.4 is 10.2 Å². The lowest BCUT2D eigenvalue weighted by Gasteiger charge is -2.12. The highest BCUT2D eigenvalue weighted by Gasteiger charge is 2.15. The monoisotopic (exact) mass is 395 g/mol. The molecule has 2 aromatic heterocycles. The van der Waals surface area contributed by atoms with E-state index < -0.39 is 0 Å². The van der Waals surface area contributed by atoms with Crippen molar-refractivity contribution in [1.29, 1.82) is 0 Å². The van der Waals surface area contributed by atoms with E-state index >= 15 is 0 Å². The number of thiazole rings is 1. The summed E-state index contributed by atoms with van der Waals surface area (Å²) in [7, 11) is 0. The summed E-state index contributed by atoms with van der Waals surface area (Å²) in [6.07, 6.45) is 2.16. The van der Waals surface area contributed by atoms with Gasteiger partial charge in [-0.15, -0.1) is 11.3 Å². The number of halogens is 1. The zero-order chi connectivity index (χ0) is 19.7. The topological polar surface area (TPSA) is 52.3 Å². The summed E-state index contributed by atoms with van der Waals surface area (Å²) >= 11 is 1.49. The molecule has 28 heavy (non-hydrogen) atoms. The van der Waals surface area contributed by atoms with E-state index in [0.717, 1.165) is 16.1 Å². The first-order valence-electron chi connectivity index (χ1n) is 8.93. The van der Waals surface area contributed by atoms with Crippen LogP contribution in [0.3, 0.4) is 0 Å². The average molecular weight is 395 g/mol. The Bertz CT molecular complexity index is 1190. The zero-order valence-electron chi connectivity index (χ0n) is 15.5. The quantitative estimate of drug-likeness (QED) is 0.447. The molecule has 0 N–H and O–H groups in total. The Labute approximate surface area is 165 Å². The van der Waals surface area contributed by atoms with Crippen molar-refractivity contribution in [2.75, 3.05) is 0 Å². The number of hydrogen-bond donors (Lipinski definition) is 0. The first kappa shape index (κ1) is 18.4. The van der Waals surface area contributed by atoms with Gasteiger partial charge in [0.1, 0.15) is 30.0 Å².